The zero-order chi connectivity index (χ0) is 31.5. The number of ether oxygens (including phenoxy) is 1. The first-order chi connectivity index (χ1) is 21.8. The molecule has 3 aliphatic carbocycles. The van der Waals surface area contributed by atoms with Crippen LogP contribution < -0.4 is 4.74 Å². The summed E-state index contributed by atoms with van der Waals surface area (Å²) in [6, 6.07) is 23.3. The average Bonchev–Trinajstić information content (AvgIpc) is 3.29. The number of phenolic OH excluding ortho intramolecular Hbond substituents is 1. The number of carbonyl (C=O) groups excluding carboxylic acids is 4. The molecular weight excluding hydrogens is 570 g/mol. The second-order valence-corrected chi connectivity index (χ2v) is 12.1. The lowest BCUT2D eigenvalue weighted by atomic mass is 9.45. The number of Topliss-reactive ketones (excluding diaryl/α,β-unsaturated/α-hetero) is 1. The Hall–Kier alpha value is -5.08. The van der Waals surface area contributed by atoms with Crippen LogP contribution in [0.25, 0.3) is 11.6 Å². The summed E-state index contributed by atoms with van der Waals surface area (Å²) in [7, 11) is 1.46. The molecule has 0 unspecified atom stereocenters. The molecule has 3 aromatic rings. The lowest BCUT2D eigenvalue weighted by Crippen LogP contribution is -2.59. The zero-order valence-corrected chi connectivity index (χ0v) is 24.5. The molecule has 8 heteroatoms. The average molecular weight is 602 g/mol. The Bertz CT molecular complexity index is 1830. The number of aromatic hydroxyl groups is 1. The summed E-state index contributed by atoms with van der Waals surface area (Å²) in [5.41, 5.74) is 1.82. The van der Waals surface area contributed by atoms with Crippen LogP contribution in [0, 0.1) is 29.6 Å². The predicted octanol–water partition coefficient (Wildman–Crippen LogP) is 5.16. The monoisotopic (exact) mass is 601 g/mol. The Morgan fingerprint density at radius 3 is 2.33 bits per heavy atom. The molecule has 0 spiro atoms. The number of hydroxylamine groups is 2. The number of fused-ring (bicyclic) bond motifs is 4. The van der Waals surface area contributed by atoms with E-state index in [1.807, 2.05) is 66.8 Å². The van der Waals surface area contributed by atoms with Gasteiger partial charge in [-0.25, -0.2) is 0 Å². The first-order valence-corrected chi connectivity index (χ1v) is 15.0. The van der Waals surface area contributed by atoms with Crippen molar-refractivity contribution in [1.82, 2.24) is 5.06 Å². The Labute approximate surface area is 259 Å². The maximum atomic E-state index is 14.8. The van der Waals surface area contributed by atoms with Crippen molar-refractivity contribution in [3.05, 3.63) is 119 Å². The minimum Gasteiger partial charge on any atom is -0.504 e. The van der Waals surface area contributed by atoms with E-state index in [2.05, 4.69) is 0 Å². The second kappa shape index (κ2) is 10.8. The molecule has 4 aliphatic rings. The minimum absolute atomic E-state index is 0.0150. The number of amides is 2. The predicted molar refractivity (Wildman–Crippen MR) is 165 cm³/mol. The van der Waals surface area contributed by atoms with Crippen LogP contribution in [-0.4, -0.2) is 45.9 Å². The smallest absolute Gasteiger partial charge is 0.257 e. The van der Waals surface area contributed by atoms with Gasteiger partial charge in [0, 0.05) is 17.4 Å². The summed E-state index contributed by atoms with van der Waals surface area (Å²) < 4.78 is 5.30. The number of ketones is 2. The number of allylic oxidation sites excluding steroid dienone is 5. The molecule has 2 amide bonds. The van der Waals surface area contributed by atoms with Crippen LogP contribution in [0.1, 0.15) is 29.5 Å². The van der Waals surface area contributed by atoms with Crippen molar-refractivity contribution in [3.8, 4) is 11.5 Å². The minimum atomic E-state index is -1.33. The Kier molecular flexibility index (Phi) is 6.89. The molecule has 8 nitrogen and oxygen atoms in total. The zero-order valence-electron chi connectivity index (χ0n) is 24.5. The van der Waals surface area contributed by atoms with Crippen LogP contribution >= 0.6 is 0 Å². The molecule has 1 saturated carbocycles. The van der Waals surface area contributed by atoms with Gasteiger partial charge in [0.25, 0.3) is 11.8 Å². The Morgan fingerprint density at radius 2 is 1.62 bits per heavy atom. The number of phenols is 1. The highest BCUT2D eigenvalue weighted by atomic mass is 16.5. The molecule has 1 saturated heterocycles. The van der Waals surface area contributed by atoms with Crippen LogP contribution in [0.2, 0.25) is 0 Å². The molecule has 1 aliphatic heterocycles. The molecule has 2 fully saturated rings. The number of carbonyl (C=O) groups is 4. The summed E-state index contributed by atoms with van der Waals surface area (Å²) in [5, 5.41) is 20.7. The van der Waals surface area contributed by atoms with Crippen molar-refractivity contribution < 1.29 is 34.2 Å². The lowest BCUT2D eigenvalue weighted by molar-refractivity contribution is -0.173. The molecular formula is C37H31NO7. The molecule has 2 N–H and O–H groups in total. The van der Waals surface area contributed by atoms with Gasteiger partial charge in [-0.2, -0.15) is 5.06 Å². The Morgan fingerprint density at radius 1 is 0.911 bits per heavy atom. The van der Waals surface area contributed by atoms with Crippen LogP contribution in [0.15, 0.2) is 103 Å². The van der Waals surface area contributed by atoms with E-state index in [4.69, 9.17) is 4.74 Å². The third-order valence-electron chi connectivity index (χ3n) is 10.1. The van der Waals surface area contributed by atoms with E-state index in [0.717, 1.165) is 5.57 Å². The lowest BCUT2D eigenvalue weighted by Gasteiger charge is -2.54. The molecule has 0 radical (unpaired) electrons. The topological polar surface area (TPSA) is 121 Å². The van der Waals surface area contributed by atoms with Crippen molar-refractivity contribution in [2.45, 2.75) is 18.3 Å². The maximum absolute atomic E-state index is 14.8. The number of hydrogen-bond donors (Lipinski definition) is 2. The highest BCUT2D eigenvalue weighted by Crippen LogP contribution is 2.61. The van der Waals surface area contributed by atoms with Gasteiger partial charge in [0.05, 0.1) is 24.4 Å². The van der Waals surface area contributed by atoms with Crippen LogP contribution in [0.5, 0.6) is 11.5 Å². The molecule has 0 aromatic heterocycles. The van der Waals surface area contributed by atoms with Crippen molar-refractivity contribution in [3.63, 3.8) is 0 Å². The van der Waals surface area contributed by atoms with Gasteiger partial charge in [0.2, 0.25) is 0 Å². The molecule has 6 atom stereocenters. The summed E-state index contributed by atoms with van der Waals surface area (Å²) in [6.45, 7) is 0. The largest absolute Gasteiger partial charge is 0.504 e. The number of benzene rings is 3. The first-order valence-electron chi connectivity index (χ1n) is 15.0. The molecule has 45 heavy (non-hydrogen) atoms. The van der Waals surface area contributed by atoms with Gasteiger partial charge in [0.15, 0.2) is 23.1 Å². The van der Waals surface area contributed by atoms with E-state index in [1.165, 1.54) is 19.3 Å². The highest BCUT2D eigenvalue weighted by molar-refractivity contribution is 6.31. The molecule has 3 aromatic carbocycles. The van der Waals surface area contributed by atoms with Gasteiger partial charge in [-0.3, -0.25) is 24.4 Å². The van der Waals surface area contributed by atoms with Crippen LogP contribution in [-0.2, 0) is 24.6 Å². The van der Waals surface area contributed by atoms with Gasteiger partial charge in [-0.15, -0.1) is 0 Å². The van der Waals surface area contributed by atoms with E-state index < -0.39 is 46.8 Å². The van der Waals surface area contributed by atoms with E-state index in [0.29, 0.717) is 22.3 Å². The van der Waals surface area contributed by atoms with E-state index >= 15 is 0 Å². The third kappa shape index (κ3) is 4.24. The van der Waals surface area contributed by atoms with Gasteiger partial charge in [-0.1, -0.05) is 90.5 Å². The normalized spacial score (nSPS) is 29.2. The van der Waals surface area contributed by atoms with Crippen molar-refractivity contribution in [1.29, 1.82) is 0 Å². The molecule has 7 rings (SSSR count). The van der Waals surface area contributed by atoms with Gasteiger partial charge in [0.1, 0.15) is 0 Å². The fraction of sp³-hybridized carbons (Fsp3) is 0.243. The van der Waals surface area contributed by atoms with E-state index in [-0.39, 0.29) is 41.0 Å². The quantitative estimate of drug-likeness (QED) is 0.235. The Balaban J connectivity index is 1.47. The van der Waals surface area contributed by atoms with E-state index in [1.54, 1.807) is 24.3 Å². The van der Waals surface area contributed by atoms with Crippen molar-refractivity contribution >= 4 is 35.0 Å². The van der Waals surface area contributed by atoms with Gasteiger partial charge < -0.3 is 9.84 Å². The third-order valence-corrected chi connectivity index (χ3v) is 10.1. The number of nitrogens with zero attached hydrogens (tertiary/aromatic N) is 1. The maximum Gasteiger partial charge on any atom is 0.257 e. The van der Waals surface area contributed by atoms with Crippen molar-refractivity contribution in [2.75, 3.05) is 7.11 Å². The standard InChI is InChI=1S/C37H31NO7/c1-45-31-18-21(13-17-30(31)39)12-16-28-24-14-15-25-33(36(43)38(44)35(25)42)27(24)19-29-34(41)26(22-8-4-2-5-9-22)20-32(40)37(28,29)23-10-6-3-7-11-23/h2-14,16-18,20,25,27-29,33,39,44H,15,19H2,1H3/t25-,27+,28-,29-,33-,37-/m0/s1. The first kappa shape index (κ1) is 28.7. The summed E-state index contributed by atoms with van der Waals surface area (Å²) >= 11 is 0. The van der Waals surface area contributed by atoms with Gasteiger partial charge in [-0.05, 0) is 53.7 Å². The molecule has 226 valence electrons. The van der Waals surface area contributed by atoms with Gasteiger partial charge >= 0.3 is 0 Å². The number of rotatable bonds is 5. The van der Waals surface area contributed by atoms with E-state index in [9.17, 15) is 29.5 Å². The van der Waals surface area contributed by atoms with Crippen LogP contribution in [0.4, 0.5) is 0 Å². The fourth-order valence-corrected chi connectivity index (χ4v) is 8.11. The highest BCUT2D eigenvalue weighted by Gasteiger charge is 2.65. The second-order valence-electron chi connectivity index (χ2n) is 12.1. The SMILES string of the molecule is COc1cc(C=C[C@H]2C3=CC[C@@H]4C(=O)N(O)C(=O)[C@@H]4[C@@H]3C[C@H]3C(=O)C(c4ccccc4)=CC(=O)[C@@]23c2ccccc2)ccc1O. The molecule has 1 heterocycles. The van der Waals surface area contributed by atoms with Crippen LogP contribution in [0.3, 0.4) is 0 Å². The molecule has 0 bridgehead atoms. The summed E-state index contributed by atoms with van der Waals surface area (Å²) in [5.74, 6) is -5.09. The summed E-state index contributed by atoms with van der Waals surface area (Å²) in [4.78, 5) is 55.7. The van der Waals surface area contributed by atoms with Crippen molar-refractivity contribution in [2.24, 2.45) is 29.6 Å². The fourth-order valence-electron chi connectivity index (χ4n) is 8.11. The summed E-state index contributed by atoms with van der Waals surface area (Å²) in [6.07, 6.45) is 7.53. The number of methoxy groups -OCH3 is 1. The number of hydrogen-bond acceptors (Lipinski definition) is 7. The number of imide groups is 1.